The van der Waals surface area contributed by atoms with Crippen molar-refractivity contribution in [1.82, 2.24) is 10.1 Å². The molecule has 0 bridgehead atoms. The Balaban J connectivity index is 2.15. The predicted octanol–water partition coefficient (Wildman–Crippen LogP) is 3.34. The summed E-state index contributed by atoms with van der Waals surface area (Å²) >= 11 is 0. The molecule has 19 heavy (non-hydrogen) atoms. The lowest BCUT2D eigenvalue weighted by Gasteiger charge is -2.08. The minimum atomic E-state index is -0.184. The molecule has 0 saturated heterocycles. The van der Waals surface area contributed by atoms with Gasteiger partial charge in [0.05, 0.1) is 6.04 Å². The van der Waals surface area contributed by atoms with Gasteiger partial charge in [0, 0.05) is 5.56 Å². The number of hydrogen-bond acceptors (Lipinski definition) is 4. The lowest BCUT2D eigenvalue weighted by molar-refractivity contribution is 0.335. The predicted molar refractivity (Wildman–Crippen MR) is 75.5 cm³/mol. The minimum absolute atomic E-state index is 0.184. The molecule has 0 amide bonds. The molecule has 0 spiro atoms. The molecule has 0 fully saturated rings. The smallest absolute Gasteiger partial charge is 0.243 e. The maximum absolute atomic E-state index is 6.04. The Morgan fingerprint density at radius 2 is 1.89 bits per heavy atom. The molecule has 1 aromatic carbocycles. The average molecular weight is 259 g/mol. The SMILES string of the molecule is CCc1ccc(-c2noc([C@H](N)CC(C)C)n2)cc1. The normalized spacial score (nSPS) is 12.9. The van der Waals surface area contributed by atoms with Gasteiger partial charge in [0.1, 0.15) is 0 Å². The topological polar surface area (TPSA) is 64.9 Å². The van der Waals surface area contributed by atoms with Gasteiger partial charge in [0.2, 0.25) is 11.7 Å². The van der Waals surface area contributed by atoms with E-state index in [-0.39, 0.29) is 6.04 Å². The van der Waals surface area contributed by atoms with Crippen LogP contribution in [-0.4, -0.2) is 10.1 Å². The van der Waals surface area contributed by atoms with Crippen molar-refractivity contribution in [3.8, 4) is 11.4 Å². The number of nitrogens with two attached hydrogens (primary N) is 1. The fourth-order valence-electron chi connectivity index (χ4n) is 2.00. The average Bonchev–Trinajstić information content (AvgIpc) is 2.88. The number of rotatable bonds is 5. The molecule has 0 aliphatic rings. The Morgan fingerprint density at radius 3 is 2.47 bits per heavy atom. The lowest BCUT2D eigenvalue weighted by atomic mass is 10.0. The first-order chi connectivity index (χ1) is 9.10. The number of nitrogens with zero attached hydrogens (tertiary/aromatic N) is 2. The molecule has 0 radical (unpaired) electrons. The first-order valence-corrected chi connectivity index (χ1v) is 6.78. The van der Waals surface area contributed by atoms with Gasteiger partial charge in [-0.1, -0.05) is 50.2 Å². The van der Waals surface area contributed by atoms with Crippen molar-refractivity contribution in [3.63, 3.8) is 0 Å². The van der Waals surface area contributed by atoms with Crippen molar-refractivity contribution in [3.05, 3.63) is 35.7 Å². The van der Waals surface area contributed by atoms with Crippen LogP contribution < -0.4 is 5.73 Å². The van der Waals surface area contributed by atoms with Gasteiger partial charge in [0.15, 0.2) is 0 Å². The number of aromatic nitrogens is 2. The van der Waals surface area contributed by atoms with Gasteiger partial charge in [0.25, 0.3) is 0 Å². The van der Waals surface area contributed by atoms with Crippen LogP contribution in [0, 0.1) is 5.92 Å². The molecule has 1 heterocycles. The third kappa shape index (κ3) is 3.41. The van der Waals surface area contributed by atoms with E-state index in [9.17, 15) is 0 Å². The molecule has 0 saturated carbocycles. The monoisotopic (exact) mass is 259 g/mol. The van der Waals surface area contributed by atoms with E-state index in [1.54, 1.807) is 0 Å². The summed E-state index contributed by atoms with van der Waals surface area (Å²) in [5, 5.41) is 4.00. The second kappa shape index (κ2) is 5.97. The van der Waals surface area contributed by atoms with Crippen LogP contribution in [-0.2, 0) is 6.42 Å². The highest BCUT2D eigenvalue weighted by Gasteiger charge is 2.16. The summed E-state index contributed by atoms with van der Waals surface area (Å²) in [7, 11) is 0. The van der Waals surface area contributed by atoms with Gasteiger partial charge in [-0.3, -0.25) is 0 Å². The van der Waals surface area contributed by atoms with E-state index in [1.807, 2.05) is 12.1 Å². The van der Waals surface area contributed by atoms with Crippen LogP contribution in [0.2, 0.25) is 0 Å². The zero-order valence-electron chi connectivity index (χ0n) is 11.8. The van der Waals surface area contributed by atoms with Gasteiger partial charge < -0.3 is 10.3 Å². The fourth-order valence-corrected chi connectivity index (χ4v) is 2.00. The summed E-state index contributed by atoms with van der Waals surface area (Å²) in [6, 6.07) is 8.01. The second-order valence-corrected chi connectivity index (χ2v) is 5.24. The van der Waals surface area contributed by atoms with Crippen LogP contribution in [0.3, 0.4) is 0 Å². The van der Waals surface area contributed by atoms with Crippen LogP contribution in [0.5, 0.6) is 0 Å². The van der Waals surface area contributed by atoms with E-state index in [1.165, 1.54) is 5.56 Å². The Bertz CT molecular complexity index is 516. The minimum Gasteiger partial charge on any atom is -0.337 e. The van der Waals surface area contributed by atoms with Crippen molar-refractivity contribution < 1.29 is 4.52 Å². The summed E-state index contributed by atoms with van der Waals surface area (Å²) in [6.07, 6.45) is 1.87. The molecule has 2 rings (SSSR count). The maximum Gasteiger partial charge on any atom is 0.243 e. The number of hydrogen-bond donors (Lipinski definition) is 1. The summed E-state index contributed by atoms with van der Waals surface area (Å²) in [4.78, 5) is 4.39. The zero-order chi connectivity index (χ0) is 13.8. The summed E-state index contributed by atoms with van der Waals surface area (Å²) in [5.74, 6) is 1.63. The van der Waals surface area contributed by atoms with Gasteiger partial charge >= 0.3 is 0 Å². The maximum atomic E-state index is 6.04. The van der Waals surface area contributed by atoms with E-state index >= 15 is 0 Å². The van der Waals surface area contributed by atoms with Crippen molar-refractivity contribution in [2.45, 2.75) is 39.7 Å². The number of aryl methyl sites for hydroxylation is 1. The lowest BCUT2D eigenvalue weighted by Crippen LogP contribution is -2.13. The van der Waals surface area contributed by atoms with Crippen LogP contribution in [0.25, 0.3) is 11.4 Å². The third-order valence-corrected chi connectivity index (χ3v) is 3.10. The van der Waals surface area contributed by atoms with Crippen LogP contribution in [0.4, 0.5) is 0 Å². The Morgan fingerprint density at radius 1 is 1.21 bits per heavy atom. The van der Waals surface area contributed by atoms with Crippen LogP contribution in [0.1, 0.15) is 44.7 Å². The Kier molecular flexibility index (Phi) is 4.32. The van der Waals surface area contributed by atoms with Gasteiger partial charge in [-0.15, -0.1) is 0 Å². The van der Waals surface area contributed by atoms with E-state index in [0.29, 0.717) is 17.6 Å². The van der Waals surface area contributed by atoms with Crippen molar-refractivity contribution >= 4 is 0 Å². The molecule has 2 N–H and O–H groups in total. The molecule has 102 valence electrons. The molecule has 0 unspecified atom stereocenters. The first-order valence-electron chi connectivity index (χ1n) is 6.78. The van der Waals surface area contributed by atoms with Crippen molar-refractivity contribution in [1.29, 1.82) is 0 Å². The molecule has 2 aromatic rings. The molecule has 1 atom stereocenters. The summed E-state index contributed by atoms with van der Waals surface area (Å²) in [6.45, 7) is 6.38. The quantitative estimate of drug-likeness (QED) is 0.894. The molecule has 4 nitrogen and oxygen atoms in total. The highest BCUT2D eigenvalue weighted by molar-refractivity contribution is 5.54. The third-order valence-electron chi connectivity index (χ3n) is 3.10. The van der Waals surface area contributed by atoms with E-state index in [2.05, 4.69) is 43.0 Å². The standard InChI is InChI=1S/C15H21N3O/c1-4-11-5-7-12(8-6-11)14-17-15(19-18-14)13(16)9-10(2)3/h5-8,10,13H,4,9,16H2,1-3H3/t13-/m1/s1. The van der Waals surface area contributed by atoms with E-state index < -0.39 is 0 Å². The van der Waals surface area contributed by atoms with Crippen molar-refractivity contribution in [2.75, 3.05) is 0 Å². The highest BCUT2D eigenvalue weighted by atomic mass is 16.5. The van der Waals surface area contributed by atoms with Gasteiger partial charge in [-0.25, -0.2) is 0 Å². The van der Waals surface area contributed by atoms with Gasteiger partial charge in [-0.2, -0.15) is 4.98 Å². The molecule has 0 aliphatic carbocycles. The Hall–Kier alpha value is -1.68. The van der Waals surface area contributed by atoms with E-state index in [4.69, 9.17) is 10.3 Å². The molecule has 0 aliphatic heterocycles. The molecule has 1 aromatic heterocycles. The van der Waals surface area contributed by atoms with Crippen LogP contribution >= 0.6 is 0 Å². The first kappa shape index (κ1) is 13.7. The summed E-state index contributed by atoms with van der Waals surface area (Å²) < 4.78 is 5.25. The van der Waals surface area contributed by atoms with Gasteiger partial charge in [-0.05, 0) is 24.3 Å². The fraction of sp³-hybridized carbons (Fsp3) is 0.467. The van der Waals surface area contributed by atoms with Crippen molar-refractivity contribution in [2.24, 2.45) is 11.7 Å². The molecular weight excluding hydrogens is 238 g/mol. The van der Waals surface area contributed by atoms with E-state index in [0.717, 1.165) is 18.4 Å². The largest absolute Gasteiger partial charge is 0.337 e. The zero-order valence-corrected chi connectivity index (χ0v) is 11.8. The summed E-state index contributed by atoms with van der Waals surface area (Å²) in [5.41, 5.74) is 8.29. The molecular formula is C15H21N3O. The number of benzene rings is 1. The molecule has 4 heteroatoms. The van der Waals surface area contributed by atoms with Crippen LogP contribution in [0.15, 0.2) is 28.8 Å². The second-order valence-electron chi connectivity index (χ2n) is 5.24. The highest BCUT2D eigenvalue weighted by Crippen LogP contribution is 2.21. The Labute approximate surface area is 114 Å².